The Labute approximate surface area is 191 Å². The molecule has 3 heterocycles. The van der Waals surface area contributed by atoms with E-state index in [1.54, 1.807) is 7.11 Å². The molecule has 1 atom stereocenters. The Morgan fingerprint density at radius 3 is 2.72 bits per heavy atom. The third kappa shape index (κ3) is 4.24. The van der Waals surface area contributed by atoms with Crippen LogP contribution in [0.15, 0.2) is 54.6 Å². The van der Waals surface area contributed by atoms with Crippen molar-refractivity contribution in [2.75, 3.05) is 40.0 Å². The van der Waals surface area contributed by atoms with Crippen molar-refractivity contribution in [3.63, 3.8) is 0 Å². The largest absolute Gasteiger partial charge is 0.497 e. The fourth-order valence-corrected chi connectivity index (χ4v) is 5.37. The van der Waals surface area contributed by atoms with Gasteiger partial charge in [0, 0.05) is 35.6 Å². The van der Waals surface area contributed by atoms with Crippen LogP contribution in [0.5, 0.6) is 11.5 Å². The number of hydrogen-bond donors (Lipinski definition) is 1. The quantitative estimate of drug-likeness (QED) is 0.612. The summed E-state index contributed by atoms with van der Waals surface area (Å²) in [6, 6.07) is 18.1. The van der Waals surface area contributed by atoms with Crippen LogP contribution in [-0.4, -0.2) is 50.8 Å². The molecule has 2 aliphatic heterocycles. The third-order valence-electron chi connectivity index (χ3n) is 5.99. The molecule has 6 nitrogen and oxygen atoms in total. The van der Waals surface area contributed by atoms with Crippen molar-refractivity contribution in [3.8, 4) is 21.9 Å². The summed E-state index contributed by atoms with van der Waals surface area (Å²) >= 11 is 1.53. The number of morpholine rings is 1. The number of benzene rings is 2. The van der Waals surface area contributed by atoms with Gasteiger partial charge in [0.2, 0.25) is 0 Å². The number of methoxy groups -OCH3 is 1. The van der Waals surface area contributed by atoms with Crippen LogP contribution in [0.3, 0.4) is 0 Å². The SMILES string of the molecule is COc1ccc(C(CNC(=O)c2cc3c(s2)-c2ccccc2OC3)N2CCOCC2)cc1. The number of hydrogen-bond acceptors (Lipinski definition) is 6. The highest BCUT2D eigenvalue weighted by atomic mass is 32.1. The number of nitrogens with zero attached hydrogens (tertiary/aromatic N) is 1. The summed E-state index contributed by atoms with van der Waals surface area (Å²) in [7, 11) is 1.67. The van der Waals surface area contributed by atoms with Crippen LogP contribution in [0, 0.1) is 0 Å². The van der Waals surface area contributed by atoms with Crippen LogP contribution in [0.2, 0.25) is 0 Å². The van der Waals surface area contributed by atoms with Gasteiger partial charge in [0.05, 0.1) is 31.2 Å². The summed E-state index contributed by atoms with van der Waals surface area (Å²) < 4.78 is 16.7. The maximum atomic E-state index is 13.1. The molecule has 1 N–H and O–H groups in total. The molecule has 0 radical (unpaired) electrons. The standard InChI is InChI=1S/C25H26N2O4S/c1-29-19-8-6-17(7-9-19)21(27-10-12-30-13-11-27)15-26-25(28)23-14-18-16-31-22-5-3-2-4-20(22)24(18)32-23/h2-9,14,21H,10-13,15-16H2,1H3,(H,26,28). The van der Waals surface area contributed by atoms with Crippen LogP contribution in [0.1, 0.15) is 26.8 Å². The minimum absolute atomic E-state index is 0.0475. The second kappa shape index (κ2) is 9.32. The summed E-state index contributed by atoms with van der Waals surface area (Å²) in [6.45, 7) is 4.12. The molecule has 5 rings (SSSR count). The first-order chi connectivity index (χ1) is 15.7. The minimum atomic E-state index is -0.0475. The Kier molecular flexibility index (Phi) is 6.12. The van der Waals surface area contributed by atoms with Crippen molar-refractivity contribution in [1.29, 1.82) is 0 Å². The molecule has 1 saturated heterocycles. The van der Waals surface area contributed by atoms with E-state index in [-0.39, 0.29) is 11.9 Å². The van der Waals surface area contributed by atoms with Crippen molar-refractivity contribution >= 4 is 17.2 Å². The molecule has 1 amide bonds. The molecule has 2 aliphatic rings. The predicted molar refractivity (Wildman–Crippen MR) is 125 cm³/mol. The summed E-state index contributed by atoms with van der Waals surface area (Å²) in [6.07, 6.45) is 0. The average Bonchev–Trinajstić information content (AvgIpc) is 3.30. The smallest absolute Gasteiger partial charge is 0.261 e. The number of para-hydroxylation sites is 1. The lowest BCUT2D eigenvalue weighted by Gasteiger charge is -2.35. The first-order valence-corrected chi connectivity index (χ1v) is 11.6. The summed E-state index contributed by atoms with van der Waals surface area (Å²) in [5.41, 5.74) is 3.28. The van der Waals surface area contributed by atoms with Gasteiger partial charge >= 0.3 is 0 Å². The highest BCUT2D eigenvalue weighted by molar-refractivity contribution is 7.17. The first kappa shape index (κ1) is 21.0. The van der Waals surface area contributed by atoms with E-state index in [1.165, 1.54) is 11.3 Å². The molecule has 32 heavy (non-hydrogen) atoms. The number of ether oxygens (including phenoxy) is 3. The van der Waals surface area contributed by atoms with Crippen molar-refractivity contribution in [3.05, 3.63) is 70.6 Å². The van der Waals surface area contributed by atoms with Gasteiger partial charge in [-0.25, -0.2) is 0 Å². The third-order valence-corrected chi connectivity index (χ3v) is 7.20. The Morgan fingerprint density at radius 2 is 1.94 bits per heavy atom. The van der Waals surface area contributed by atoms with Gasteiger partial charge in [-0.15, -0.1) is 11.3 Å². The normalized spacial score (nSPS) is 16.4. The number of carbonyl (C=O) groups is 1. The first-order valence-electron chi connectivity index (χ1n) is 10.8. The highest BCUT2D eigenvalue weighted by Crippen LogP contribution is 2.42. The Morgan fingerprint density at radius 1 is 1.16 bits per heavy atom. The van der Waals surface area contributed by atoms with Crippen LogP contribution in [0.4, 0.5) is 0 Å². The number of nitrogens with one attached hydrogen (secondary N) is 1. The molecule has 1 unspecified atom stereocenters. The van der Waals surface area contributed by atoms with Crippen LogP contribution < -0.4 is 14.8 Å². The topological polar surface area (TPSA) is 60.0 Å². The van der Waals surface area contributed by atoms with E-state index in [1.807, 2.05) is 42.5 Å². The van der Waals surface area contributed by atoms with E-state index < -0.39 is 0 Å². The lowest BCUT2D eigenvalue weighted by atomic mass is 10.0. The number of thiophene rings is 1. The summed E-state index contributed by atoms with van der Waals surface area (Å²) in [4.78, 5) is 17.3. The minimum Gasteiger partial charge on any atom is -0.497 e. The number of carbonyl (C=O) groups excluding carboxylic acids is 1. The van der Waals surface area contributed by atoms with Gasteiger partial charge in [-0.3, -0.25) is 9.69 Å². The molecule has 1 fully saturated rings. The van der Waals surface area contributed by atoms with Crippen LogP contribution in [0.25, 0.3) is 10.4 Å². The van der Waals surface area contributed by atoms with E-state index in [0.717, 1.165) is 46.2 Å². The van der Waals surface area contributed by atoms with Crippen molar-refractivity contribution < 1.29 is 19.0 Å². The predicted octanol–water partition coefficient (Wildman–Crippen LogP) is 4.12. The Hall–Kier alpha value is -2.87. The molecule has 3 aromatic rings. The summed E-state index contributed by atoms with van der Waals surface area (Å²) in [5, 5.41) is 3.17. The molecule has 0 aliphatic carbocycles. The van der Waals surface area contributed by atoms with Crippen molar-refractivity contribution in [1.82, 2.24) is 10.2 Å². The maximum Gasteiger partial charge on any atom is 0.261 e. The zero-order chi connectivity index (χ0) is 21.9. The van der Waals surface area contributed by atoms with E-state index in [0.29, 0.717) is 31.2 Å². The molecule has 0 spiro atoms. The van der Waals surface area contributed by atoms with E-state index in [9.17, 15) is 4.79 Å². The fraction of sp³-hybridized carbons (Fsp3) is 0.320. The molecule has 0 saturated carbocycles. The van der Waals surface area contributed by atoms with Gasteiger partial charge < -0.3 is 19.5 Å². The molecular weight excluding hydrogens is 424 g/mol. The number of rotatable bonds is 6. The number of fused-ring (bicyclic) bond motifs is 3. The second-order valence-corrected chi connectivity index (χ2v) is 8.95. The van der Waals surface area contributed by atoms with Gasteiger partial charge in [0.25, 0.3) is 5.91 Å². The average molecular weight is 451 g/mol. The lowest BCUT2D eigenvalue weighted by molar-refractivity contribution is 0.0162. The van der Waals surface area contributed by atoms with Gasteiger partial charge in [-0.2, -0.15) is 0 Å². The van der Waals surface area contributed by atoms with E-state index >= 15 is 0 Å². The molecule has 1 aromatic heterocycles. The molecule has 2 aromatic carbocycles. The highest BCUT2D eigenvalue weighted by Gasteiger charge is 2.25. The van der Waals surface area contributed by atoms with Gasteiger partial charge in [0.1, 0.15) is 18.1 Å². The Bertz CT molecular complexity index is 1090. The molecule has 166 valence electrons. The lowest BCUT2D eigenvalue weighted by Crippen LogP contribution is -2.43. The zero-order valence-corrected chi connectivity index (χ0v) is 18.8. The molecular formula is C25H26N2O4S. The number of amides is 1. The van der Waals surface area contributed by atoms with Crippen LogP contribution >= 0.6 is 11.3 Å². The zero-order valence-electron chi connectivity index (χ0n) is 18.0. The monoisotopic (exact) mass is 450 g/mol. The molecule has 7 heteroatoms. The van der Waals surface area contributed by atoms with Gasteiger partial charge in [-0.05, 0) is 35.9 Å². The molecule has 0 bridgehead atoms. The van der Waals surface area contributed by atoms with Gasteiger partial charge in [-0.1, -0.05) is 24.3 Å². The van der Waals surface area contributed by atoms with Crippen LogP contribution in [-0.2, 0) is 11.3 Å². The van der Waals surface area contributed by atoms with E-state index in [2.05, 4.69) is 22.3 Å². The van der Waals surface area contributed by atoms with Crippen molar-refractivity contribution in [2.24, 2.45) is 0 Å². The summed E-state index contributed by atoms with van der Waals surface area (Å²) in [5.74, 6) is 1.65. The second-order valence-electron chi connectivity index (χ2n) is 7.90. The van der Waals surface area contributed by atoms with Crippen molar-refractivity contribution in [2.45, 2.75) is 12.6 Å². The van der Waals surface area contributed by atoms with Gasteiger partial charge in [0.15, 0.2) is 0 Å². The Balaban J connectivity index is 1.33. The fourth-order valence-electron chi connectivity index (χ4n) is 4.26. The van der Waals surface area contributed by atoms with E-state index in [4.69, 9.17) is 14.2 Å². The maximum absolute atomic E-state index is 13.1.